The van der Waals surface area contributed by atoms with E-state index in [0.29, 0.717) is 48.1 Å². The number of rotatable bonds is 10. The molecular weight excluding hydrogens is 516 g/mol. The van der Waals surface area contributed by atoms with Gasteiger partial charge in [0.2, 0.25) is 0 Å². The van der Waals surface area contributed by atoms with E-state index in [4.69, 9.17) is 11.6 Å². The van der Waals surface area contributed by atoms with E-state index < -0.39 is 36.5 Å². The average molecular weight is 547 g/mol. The summed E-state index contributed by atoms with van der Waals surface area (Å²) in [7, 11) is 0. The summed E-state index contributed by atoms with van der Waals surface area (Å²) in [5.74, 6) is -1.40. The molecule has 12 heteroatoms. The molecule has 2 aromatic rings. The van der Waals surface area contributed by atoms with Crippen LogP contribution < -0.4 is 15.5 Å². The van der Waals surface area contributed by atoms with Crippen molar-refractivity contribution < 1.29 is 32.6 Å². The zero-order valence-corrected chi connectivity index (χ0v) is 21.1. The van der Waals surface area contributed by atoms with Crippen LogP contribution in [0.15, 0.2) is 36.4 Å². The number of aliphatic hydroxyl groups excluding tert-OH is 2. The maximum absolute atomic E-state index is 14.8. The highest BCUT2D eigenvalue weighted by Gasteiger charge is 2.29. The minimum atomic E-state index is -4.20. The third-order valence-corrected chi connectivity index (χ3v) is 6.49. The van der Waals surface area contributed by atoms with Crippen molar-refractivity contribution in [2.24, 2.45) is 0 Å². The number of benzene rings is 2. The van der Waals surface area contributed by atoms with Crippen LogP contribution in [-0.4, -0.2) is 78.7 Å². The van der Waals surface area contributed by atoms with Crippen LogP contribution in [0.3, 0.4) is 0 Å². The molecule has 0 aliphatic carbocycles. The van der Waals surface area contributed by atoms with E-state index in [9.17, 15) is 32.6 Å². The van der Waals surface area contributed by atoms with Crippen molar-refractivity contribution in [1.82, 2.24) is 10.2 Å². The highest BCUT2D eigenvalue weighted by atomic mass is 35.5. The number of carbonyl (C=O) groups is 1. The SMILES string of the molecule is C[C@H](O)[C@@H](CO)NCc1ccc(C(=O)Nc2ccc(Cl)cc2N2CCN(CCC(F)(F)F)CC2)c(F)c1. The number of anilines is 2. The molecule has 0 spiro atoms. The third kappa shape index (κ3) is 8.54. The minimum Gasteiger partial charge on any atom is -0.395 e. The molecule has 204 valence electrons. The Morgan fingerprint density at radius 3 is 2.43 bits per heavy atom. The second kappa shape index (κ2) is 12.9. The van der Waals surface area contributed by atoms with Crippen molar-refractivity contribution in [1.29, 1.82) is 0 Å². The van der Waals surface area contributed by atoms with Gasteiger partial charge in [-0.1, -0.05) is 17.7 Å². The summed E-state index contributed by atoms with van der Waals surface area (Å²) in [5.41, 5.74) is 1.37. The van der Waals surface area contributed by atoms with Crippen LogP contribution in [0.4, 0.5) is 28.9 Å². The Morgan fingerprint density at radius 1 is 1.14 bits per heavy atom. The van der Waals surface area contributed by atoms with E-state index in [2.05, 4.69) is 10.6 Å². The summed E-state index contributed by atoms with van der Waals surface area (Å²) in [4.78, 5) is 16.6. The summed E-state index contributed by atoms with van der Waals surface area (Å²) in [6.45, 7) is 3.09. The van der Waals surface area contributed by atoms with Gasteiger partial charge in [0.1, 0.15) is 5.82 Å². The highest BCUT2D eigenvalue weighted by Crippen LogP contribution is 2.31. The van der Waals surface area contributed by atoms with Crippen molar-refractivity contribution in [3.63, 3.8) is 0 Å². The zero-order chi connectivity index (χ0) is 27.2. The first-order valence-corrected chi connectivity index (χ1v) is 12.3. The van der Waals surface area contributed by atoms with Gasteiger partial charge >= 0.3 is 6.18 Å². The zero-order valence-electron chi connectivity index (χ0n) is 20.4. The van der Waals surface area contributed by atoms with Crippen molar-refractivity contribution >= 4 is 28.9 Å². The highest BCUT2D eigenvalue weighted by molar-refractivity contribution is 6.31. The Labute approximate surface area is 218 Å². The molecule has 1 aliphatic heterocycles. The number of hydrogen-bond donors (Lipinski definition) is 4. The largest absolute Gasteiger partial charge is 0.395 e. The summed E-state index contributed by atoms with van der Waals surface area (Å²) < 4.78 is 52.4. The molecule has 0 radical (unpaired) electrons. The topological polar surface area (TPSA) is 88.1 Å². The molecule has 3 rings (SSSR count). The van der Waals surface area contributed by atoms with Crippen LogP contribution in [0.25, 0.3) is 0 Å². The Balaban J connectivity index is 1.66. The lowest BCUT2D eigenvalue weighted by atomic mass is 10.1. The van der Waals surface area contributed by atoms with E-state index in [1.54, 1.807) is 29.2 Å². The fraction of sp³-hybridized carbons (Fsp3) is 0.480. The van der Waals surface area contributed by atoms with Crippen molar-refractivity contribution in [3.05, 3.63) is 58.4 Å². The maximum atomic E-state index is 14.8. The smallest absolute Gasteiger partial charge is 0.390 e. The molecule has 1 aliphatic rings. The molecule has 2 atom stereocenters. The van der Waals surface area contributed by atoms with Crippen molar-refractivity contribution in [2.45, 2.75) is 38.2 Å². The molecule has 1 saturated heterocycles. The van der Waals surface area contributed by atoms with Crippen LogP contribution in [0.1, 0.15) is 29.3 Å². The standard InChI is InChI=1S/C25H31ClF4N4O3/c1-16(36)22(15-35)31-14-17-2-4-19(20(27)12-17)24(37)32-21-5-3-18(26)13-23(21)34-10-8-33(9-11-34)7-6-25(28,29)30/h2-5,12-13,16,22,31,35-36H,6-11,14-15H2,1H3,(H,32,37)/t16-,22+/m0/s1. The maximum Gasteiger partial charge on any atom is 0.390 e. The van der Waals surface area contributed by atoms with Crippen LogP contribution in [-0.2, 0) is 6.54 Å². The van der Waals surface area contributed by atoms with E-state index in [1.807, 2.05) is 4.90 Å². The van der Waals surface area contributed by atoms with Gasteiger partial charge in [0.15, 0.2) is 0 Å². The number of carbonyl (C=O) groups excluding carboxylic acids is 1. The predicted octanol–water partition coefficient (Wildman–Crippen LogP) is 3.64. The molecule has 0 bridgehead atoms. The number of nitrogens with zero attached hydrogens (tertiary/aromatic N) is 2. The van der Waals surface area contributed by atoms with Crippen LogP contribution in [0, 0.1) is 5.82 Å². The van der Waals surface area contributed by atoms with Crippen molar-refractivity contribution in [2.75, 3.05) is 49.5 Å². The van der Waals surface area contributed by atoms with E-state index >= 15 is 0 Å². The molecule has 0 saturated carbocycles. The number of nitrogens with one attached hydrogen (secondary N) is 2. The minimum absolute atomic E-state index is 0.0685. The molecule has 1 amide bonds. The molecule has 4 N–H and O–H groups in total. The van der Waals surface area contributed by atoms with Gasteiger partial charge in [-0.25, -0.2) is 4.39 Å². The van der Waals surface area contributed by atoms with Gasteiger partial charge in [-0.3, -0.25) is 9.69 Å². The van der Waals surface area contributed by atoms with Gasteiger partial charge in [0.25, 0.3) is 5.91 Å². The Bertz CT molecular complexity index is 1060. The Kier molecular flexibility index (Phi) is 10.1. The van der Waals surface area contributed by atoms with Crippen molar-refractivity contribution in [3.8, 4) is 0 Å². The second-order valence-corrected chi connectivity index (χ2v) is 9.47. The van der Waals surface area contributed by atoms with Gasteiger partial charge in [-0.2, -0.15) is 13.2 Å². The average Bonchev–Trinajstić information content (AvgIpc) is 2.84. The summed E-state index contributed by atoms with van der Waals surface area (Å²) in [6.07, 6.45) is -5.86. The molecule has 2 aromatic carbocycles. The molecule has 7 nitrogen and oxygen atoms in total. The summed E-state index contributed by atoms with van der Waals surface area (Å²) in [6, 6.07) is 8.42. The molecule has 1 fully saturated rings. The summed E-state index contributed by atoms with van der Waals surface area (Å²) >= 11 is 6.17. The van der Waals surface area contributed by atoms with Gasteiger partial charge in [0.05, 0.1) is 42.1 Å². The molecule has 0 unspecified atom stereocenters. The molecule has 37 heavy (non-hydrogen) atoms. The van der Waals surface area contributed by atoms with E-state index in [1.165, 1.54) is 19.1 Å². The first-order valence-electron chi connectivity index (χ1n) is 11.9. The number of alkyl halides is 3. The van der Waals surface area contributed by atoms with Gasteiger partial charge in [-0.05, 0) is 42.8 Å². The van der Waals surface area contributed by atoms with Crippen LogP contribution in [0.5, 0.6) is 0 Å². The predicted molar refractivity (Wildman–Crippen MR) is 135 cm³/mol. The molecular formula is C25H31ClF4N4O3. The van der Waals surface area contributed by atoms with E-state index in [-0.39, 0.29) is 25.3 Å². The fourth-order valence-electron chi connectivity index (χ4n) is 4.05. The lowest BCUT2D eigenvalue weighted by Gasteiger charge is -2.37. The Morgan fingerprint density at radius 2 is 1.84 bits per heavy atom. The third-order valence-electron chi connectivity index (χ3n) is 6.26. The molecule has 1 heterocycles. The number of hydrogen-bond acceptors (Lipinski definition) is 6. The van der Waals surface area contributed by atoms with E-state index in [0.717, 1.165) is 0 Å². The lowest BCUT2D eigenvalue weighted by molar-refractivity contribution is -0.138. The quantitative estimate of drug-likeness (QED) is 0.340. The second-order valence-electron chi connectivity index (χ2n) is 9.03. The monoisotopic (exact) mass is 546 g/mol. The number of aliphatic hydroxyl groups is 2. The Hall–Kier alpha value is -2.44. The normalized spacial score (nSPS) is 16.5. The molecule has 0 aromatic heterocycles. The lowest BCUT2D eigenvalue weighted by Crippen LogP contribution is -2.47. The number of amides is 1. The summed E-state index contributed by atoms with van der Waals surface area (Å²) in [5, 5.41) is 24.9. The van der Waals surface area contributed by atoms with Crippen LogP contribution >= 0.6 is 11.6 Å². The van der Waals surface area contributed by atoms with Gasteiger partial charge in [0, 0.05) is 44.3 Å². The van der Waals surface area contributed by atoms with Crippen LogP contribution in [0.2, 0.25) is 5.02 Å². The first kappa shape index (κ1) is 29.1. The number of piperazine rings is 1. The van der Waals surface area contributed by atoms with Gasteiger partial charge in [-0.15, -0.1) is 0 Å². The number of halogens is 5. The first-order chi connectivity index (χ1) is 17.5. The fourth-order valence-corrected chi connectivity index (χ4v) is 4.21. The van der Waals surface area contributed by atoms with Gasteiger partial charge < -0.3 is 25.7 Å².